The molecule has 0 saturated carbocycles. The molecule has 6 N–H and O–H groups in total. The summed E-state index contributed by atoms with van der Waals surface area (Å²) in [5.41, 5.74) is 6.31. The van der Waals surface area contributed by atoms with E-state index in [1.54, 1.807) is 0 Å². The van der Waals surface area contributed by atoms with Gasteiger partial charge in [0.2, 0.25) is 11.9 Å². The second kappa shape index (κ2) is 10.9. The van der Waals surface area contributed by atoms with Crippen LogP contribution in [0.4, 0.5) is 11.8 Å². The van der Waals surface area contributed by atoms with E-state index in [-0.39, 0.29) is 11.8 Å². The molecule has 0 unspecified atom stereocenters. The highest BCUT2D eigenvalue weighted by Crippen LogP contribution is 2.15. The normalized spacial score (nSPS) is 21.8. The maximum absolute atomic E-state index is 12.7. The van der Waals surface area contributed by atoms with Crippen molar-refractivity contribution in [2.75, 3.05) is 63.2 Å². The standard InChI is InChI=1S/C18H30N8O3/c19-14-3-1-4-20-15-13(16(27)24-12-26-7-9-29-10-8-26)11-23-18(25-15)22-6-2-5-21-17(14)28/h11,14H,1-10,12,19H2,(H,21,28)(H,24,27)(H2,20,22,23,25)/t14-/m0/s1. The molecule has 0 radical (unpaired) electrons. The van der Waals surface area contributed by atoms with Crippen LogP contribution in [0.2, 0.25) is 0 Å². The number of nitrogens with two attached hydrogens (primary N) is 1. The first-order valence-corrected chi connectivity index (χ1v) is 10.1. The number of carbonyl (C=O) groups is 2. The maximum atomic E-state index is 12.7. The molecule has 0 spiro atoms. The number of fused-ring (bicyclic) bond motifs is 2. The Morgan fingerprint density at radius 3 is 2.79 bits per heavy atom. The smallest absolute Gasteiger partial charge is 0.257 e. The van der Waals surface area contributed by atoms with E-state index in [1.165, 1.54) is 6.20 Å². The molecule has 1 fully saturated rings. The molecule has 2 aliphatic heterocycles. The minimum Gasteiger partial charge on any atom is -0.379 e. The van der Waals surface area contributed by atoms with Crippen LogP contribution < -0.4 is 27.0 Å². The zero-order valence-corrected chi connectivity index (χ0v) is 16.6. The van der Waals surface area contributed by atoms with Crippen molar-refractivity contribution in [1.82, 2.24) is 25.5 Å². The number of rotatable bonds is 3. The van der Waals surface area contributed by atoms with E-state index in [2.05, 4.69) is 36.1 Å². The summed E-state index contributed by atoms with van der Waals surface area (Å²) in [5.74, 6) is 0.539. The van der Waals surface area contributed by atoms with Crippen molar-refractivity contribution in [2.45, 2.75) is 25.3 Å². The zero-order valence-electron chi connectivity index (χ0n) is 16.6. The largest absolute Gasteiger partial charge is 0.379 e. The lowest BCUT2D eigenvalue weighted by Gasteiger charge is -2.26. The molecule has 29 heavy (non-hydrogen) atoms. The fourth-order valence-corrected chi connectivity index (χ4v) is 3.10. The van der Waals surface area contributed by atoms with E-state index in [9.17, 15) is 9.59 Å². The van der Waals surface area contributed by atoms with Crippen LogP contribution in [0.1, 0.15) is 29.6 Å². The van der Waals surface area contributed by atoms with Gasteiger partial charge in [0.25, 0.3) is 5.91 Å². The van der Waals surface area contributed by atoms with Crippen LogP contribution in [0, 0.1) is 0 Å². The summed E-state index contributed by atoms with van der Waals surface area (Å²) >= 11 is 0. The average Bonchev–Trinajstić information content (AvgIpc) is 2.74. The van der Waals surface area contributed by atoms with Gasteiger partial charge < -0.3 is 31.7 Å². The van der Waals surface area contributed by atoms with E-state index >= 15 is 0 Å². The number of aromatic nitrogens is 2. The third-order valence-corrected chi connectivity index (χ3v) is 4.86. The lowest BCUT2D eigenvalue weighted by atomic mass is 10.1. The molecule has 1 atom stereocenters. The van der Waals surface area contributed by atoms with Gasteiger partial charge in [0.1, 0.15) is 11.4 Å². The molecule has 2 aliphatic rings. The molecule has 1 aromatic heterocycles. The molecular formula is C18H30N8O3. The Kier molecular flexibility index (Phi) is 7.96. The van der Waals surface area contributed by atoms with E-state index in [4.69, 9.17) is 10.5 Å². The van der Waals surface area contributed by atoms with Crippen molar-refractivity contribution in [3.63, 3.8) is 0 Å². The number of amides is 2. The average molecular weight is 406 g/mol. The Morgan fingerprint density at radius 1 is 1.21 bits per heavy atom. The Bertz CT molecular complexity index is 696. The molecule has 0 aliphatic carbocycles. The molecule has 1 aromatic rings. The molecular weight excluding hydrogens is 376 g/mol. The molecule has 0 aromatic carbocycles. The third kappa shape index (κ3) is 6.51. The second-order valence-corrected chi connectivity index (χ2v) is 7.10. The fraction of sp³-hybridized carbons (Fsp3) is 0.667. The highest BCUT2D eigenvalue weighted by molar-refractivity contribution is 5.98. The second-order valence-electron chi connectivity index (χ2n) is 7.10. The molecule has 11 nitrogen and oxygen atoms in total. The number of anilines is 2. The predicted molar refractivity (Wildman–Crippen MR) is 109 cm³/mol. The van der Waals surface area contributed by atoms with E-state index in [0.717, 1.165) is 13.1 Å². The van der Waals surface area contributed by atoms with Gasteiger partial charge in [-0.2, -0.15) is 4.98 Å². The van der Waals surface area contributed by atoms with Gasteiger partial charge in [-0.05, 0) is 19.3 Å². The molecule has 3 heterocycles. The lowest BCUT2D eigenvalue weighted by Crippen LogP contribution is -2.44. The van der Waals surface area contributed by atoms with Crippen molar-refractivity contribution < 1.29 is 14.3 Å². The van der Waals surface area contributed by atoms with Crippen molar-refractivity contribution >= 4 is 23.6 Å². The number of carbonyl (C=O) groups excluding carboxylic acids is 2. The minimum absolute atomic E-state index is 0.139. The summed E-state index contributed by atoms with van der Waals surface area (Å²) in [4.78, 5) is 35.5. The first-order chi connectivity index (χ1) is 14.1. The first kappa shape index (κ1) is 21.2. The maximum Gasteiger partial charge on any atom is 0.257 e. The minimum atomic E-state index is -0.537. The third-order valence-electron chi connectivity index (χ3n) is 4.86. The topological polar surface area (TPSA) is 147 Å². The predicted octanol–water partition coefficient (Wildman–Crippen LogP) is -1.05. The van der Waals surface area contributed by atoms with E-state index in [0.29, 0.717) is 76.1 Å². The SMILES string of the molecule is N[C@H]1CCCNc2nc(ncc2C(=O)NCN2CCOCC2)NCCCNC1=O. The van der Waals surface area contributed by atoms with E-state index < -0.39 is 6.04 Å². The Balaban J connectivity index is 1.65. The number of ether oxygens (including phenoxy) is 1. The Hall–Kier alpha value is -2.50. The number of nitrogens with one attached hydrogen (secondary N) is 4. The summed E-state index contributed by atoms with van der Waals surface area (Å²) < 4.78 is 5.32. The van der Waals surface area contributed by atoms with Crippen LogP contribution in [0.5, 0.6) is 0 Å². The monoisotopic (exact) mass is 406 g/mol. The quantitative estimate of drug-likeness (QED) is 0.424. The van der Waals surface area contributed by atoms with Gasteiger partial charge in [-0.25, -0.2) is 4.98 Å². The number of hydrogen-bond acceptors (Lipinski definition) is 9. The summed E-state index contributed by atoms with van der Waals surface area (Å²) in [7, 11) is 0. The van der Waals surface area contributed by atoms with Crippen LogP contribution >= 0.6 is 0 Å². The summed E-state index contributed by atoms with van der Waals surface area (Å²) in [6.07, 6.45) is 3.47. The summed E-state index contributed by atoms with van der Waals surface area (Å²) in [6.45, 7) is 5.05. The molecule has 2 amide bonds. The molecule has 3 rings (SSSR count). The van der Waals surface area contributed by atoms with Crippen molar-refractivity contribution in [2.24, 2.45) is 5.73 Å². The summed E-state index contributed by atoms with van der Waals surface area (Å²) in [6, 6.07) is -0.537. The highest BCUT2D eigenvalue weighted by Gasteiger charge is 2.18. The van der Waals surface area contributed by atoms with Crippen molar-refractivity contribution in [1.29, 1.82) is 0 Å². The van der Waals surface area contributed by atoms with Crippen LogP contribution in [-0.4, -0.2) is 85.3 Å². The van der Waals surface area contributed by atoms with Crippen LogP contribution in [0.3, 0.4) is 0 Å². The van der Waals surface area contributed by atoms with Crippen molar-refractivity contribution in [3.05, 3.63) is 11.8 Å². The Morgan fingerprint density at radius 2 is 1.97 bits per heavy atom. The number of hydrogen-bond donors (Lipinski definition) is 5. The van der Waals surface area contributed by atoms with Gasteiger partial charge in [-0.3, -0.25) is 14.5 Å². The highest BCUT2D eigenvalue weighted by atomic mass is 16.5. The van der Waals surface area contributed by atoms with Gasteiger partial charge in [0, 0.05) is 38.9 Å². The molecule has 160 valence electrons. The molecule has 2 bridgehead atoms. The van der Waals surface area contributed by atoms with Gasteiger partial charge in [-0.15, -0.1) is 0 Å². The summed E-state index contributed by atoms with van der Waals surface area (Å²) in [5, 5.41) is 12.1. The van der Waals surface area contributed by atoms with E-state index in [1.807, 2.05) is 0 Å². The lowest BCUT2D eigenvalue weighted by molar-refractivity contribution is -0.122. The fourth-order valence-electron chi connectivity index (χ4n) is 3.10. The van der Waals surface area contributed by atoms with Gasteiger partial charge >= 0.3 is 0 Å². The number of morpholine rings is 1. The van der Waals surface area contributed by atoms with Crippen LogP contribution in [0.15, 0.2) is 6.20 Å². The van der Waals surface area contributed by atoms with Gasteiger partial charge in [0.05, 0.1) is 25.9 Å². The van der Waals surface area contributed by atoms with Gasteiger partial charge in [0.15, 0.2) is 0 Å². The molecule has 1 saturated heterocycles. The number of nitrogens with zero attached hydrogens (tertiary/aromatic N) is 3. The van der Waals surface area contributed by atoms with Gasteiger partial charge in [-0.1, -0.05) is 0 Å². The zero-order chi connectivity index (χ0) is 20.5. The van der Waals surface area contributed by atoms with Crippen LogP contribution in [0.25, 0.3) is 0 Å². The van der Waals surface area contributed by atoms with Crippen molar-refractivity contribution in [3.8, 4) is 0 Å². The molecule has 11 heteroatoms. The Labute approximate surface area is 170 Å². The van der Waals surface area contributed by atoms with Crippen LogP contribution in [-0.2, 0) is 9.53 Å². The first-order valence-electron chi connectivity index (χ1n) is 10.1.